The van der Waals surface area contributed by atoms with E-state index in [9.17, 15) is 9.90 Å². The number of benzene rings is 1. The number of para-hydroxylation sites is 1. The normalized spacial score (nSPS) is 12.8. The molecular formula is C12H14N2O3. The average Bonchev–Trinajstić information content (AvgIpc) is 2.68. The molecule has 0 bridgehead atoms. The van der Waals surface area contributed by atoms with Crippen LogP contribution in [0.3, 0.4) is 0 Å². The van der Waals surface area contributed by atoms with E-state index in [-0.39, 0.29) is 11.7 Å². The first-order valence-corrected chi connectivity index (χ1v) is 5.47. The quantitative estimate of drug-likeness (QED) is 0.749. The van der Waals surface area contributed by atoms with Crippen LogP contribution in [0.15, 0.2) is 18.2 Å². The van der Waals surface area contributed by atoms with Crippen molar-refractivity contribution in [3.05, 3.63) is 29.6 Å². The van der Waals surface area contributed by atoms with E-state index >= 15 is 0 Å². The Labute approximate surface area is 98.1 Å². The maximum Gasteiger partial charge on any atom is 0.337 e. The average molecular weight is 234 g/mol. The lowest BCUT2D eigenvalue weighted by molar-refractivity contribution is 0.0699. The van der Waals surface area contributed by atoms with Gasteiger partial charge in [-0.3, -0.25) is 0 Å². The number of carboxylic acid groups (broad SMARTS) is 1. The second-order valence-electron chi connectivity index (χ2n) is 4.08. The van der Waals surface area contributed by atoms with E-state index in [1.807, 2.05) is 0 Å². The Balaban J connectivity index is 2.36. The van der Waals surface area contributed by atoms with E-state index in [4.69, 9.17) is 5.11 Å². The van der Waals surface area contributed by atoms with Gasteiger partial charge in [0, 0.05) is 6.42 Å². The molecule has 1 heterocycles. The lowest BCUT2D eigenvalue weighted by Crippen LogP contribution is -2.02. The topological polar surface area (TPSA) is 86.2 Å². The van der Waals surface area contributed by atoms with Crippen LogP contribution < -0.4 is 0 Å². The van der Waals surface area contributed by atoms with Gasteiger partial charge in [-0.1, -0.05) is 6.07 Å². The Hall–Kier alpha value is -1.88. The molecule has 0 spiro atoms. The summed E-state index contributed by atoms with van der Waals surface area (Å²) in [6.45, 7) is 1.71. The van der Waals surface area contributed by atoms with Crippen LogP contribution in [0, 0.1) is 0 Å². The molecule has 0 fully saturated rings. The summed E-state index contributed by atoms with van der Waals surface area (Å²) in [5.74, 6) is -0.279. The number of aliphatic hydroxyl groups is 1. The molecule has 5 heteroatoms. The summed E-state index contributed by atoms with van der Waals surface area (Å²) in [4.78, 5) is 18.3. The van der Waals surface area contributed by atoms with Gasteiger partial charge < -0.3 is 15.2 Å². The molecular weight excluding hydrogens is 220 g/mol. The lowest BCUT2D eigenvalue weighted by Gasteiger charge is -1.99. The zero-order valence-electron chi connectivity index (χ0n) is 9.47. The first-order chi connectivity index (χ1) is 8.08. The SMILES string of the molecule is CC(O)CCc1nc2c(C(=O)O)cccc2[nH]1. The van der Waals surface area contributed by atoms with Crippen LogP contribution in [0.4, 0.5) is 0 Å². The molecule has 0 amide bonds. The van der Waals surface area contributed by atoms with Gasteiger partial charge in [-0.15, -0.1) is 0 Å². The number of aliphatic hydroxyl groups excluding tert-OH is 1. The monoisotopic (exact) mass is 234 g/mol. The molecule has 0 saturated carbocycles. The van der Waals surface area contributed by atoms with E-state index in [1.54, 1.807) is 19.1 Å². The number of carbonyl (C=O) groups is 1. The van der Waals surface area contributed by atoms with Gasteiger partial charge in [-0.25, -0.2) is 9.78 Å². The highest BCUT2D eigenvalue weighted by molar-refractivity contribution is 6.00. The third-order valence-electron chi connectivity index (χ3n) is 2.59. The van der Waals surface area contributed by atoms with Gasteiger partial charge in [0.25, 0.3) is 0 Å². The standard InChI is InChI=1S/C12H14N2O3/c1-7(15)5-6-10-13-9-4-2-3-8(12(16)17)11(9)14-10/h2-4,7,15H,5-6H2,1H3,(H,13,14)(H,16,17). The van der Waals surface area contributed by atoms with Crippen LogP contribution in [0.1, 0.15) is 29.5 Å². The van der Waals surface area contributed by atoms with Gasteiger partial charge in [0.05, 0.1) is 17.2 Å². The van der Waals surface area contributed by atoms with E-state index < -0.39 is 5.97 Å². The third kappa shape index (κ3) is 2.45. The van der Waals surface area contributed by atoms with E-state index in [0.717, 1.165) is 0 Å². The molecule has 1 atom stereocenters. The van der Waals surface area contributed by atoms with E-state index in [0.29, 0.717) is 29.7 Å². The van der Waals surface area contributed by atoms with Crippen molar-refractivity contribution in [1.29, 1.82) is 0 Å². The molecule has 2 aromatic rings. The first kappa shape index (κ1) is 11.6. The molecule has 1 aromatic heterocycles. The zero-order valence-corrected chi connectivity index (χ0v) is 9.47. The van der Waals surface area contributed by atoms with Crippen molar-refractivity contribution in [2.24, 2.45) is 0 Å². The summed E-state index contributed by atoms with van der Waals surface area (Å²) in [6, 6.07) is 5.01. The molecule has 3 N–H and O–H groups in total. The predicted octanol–water partition coefficient (Wildman–Crippen LogP) is 1.57. The number of hydrogen-bond acceptors (Lipinski definition) is 3. The fourth-order valence-electron chi connectivity index (χ4n) is 1.72. The molecule has 0 aliphatic rings. The maximum atomic E-state index is 11.0. The van der Waals surface area contributed by atoms with Crippen LogP contribution in [-0.2, 0) is 6.42 Å². The minimum absolute atomic E-state index is 0.196. The van der Waals surface area contributed by atoms with Crippen LogP contribution in [-0.4, -0.2) is 32.3 Å². The summed E-state index contributed by atoms with van der Waals surface area (Å²) in [5, 5.41) is 18.2. The number of rotatable bonds is 4. The number of aryl methyl sites for hydroxylation is 1. The van der Waals surface area contributed by atoms with Crippen LogP contribution in [0.5, 0.6) is 0 Å². The number of imidazole rings is 1. The van der Waals surface area contributed by atoms with Gasteiger partial charge in [0.1, 0.15) is 11.3 Å². The number of nitrogens with zero attached hydrogens (tertiary/aromatic N) is 1. The van der Waals surface area contributed by atoms with Gasteiger partial charge >= 0.3 is 5.97 Å². The number of nitrogens with one attached hydrogen (secondary N) is 1. The lowest BCUT2D eigenvalue weighted by atomic mass is 10.2. The Kier molecular flexibility index (Phi) is 3.10. The van der Waals surface area contributed by atoms with E-state index in [1.165, 1.54) is 6.07 Å². The zero-order chi connectivity index (χ0) is 12.4. The van der Waals surface area contributed by atoms with Crippen molar-refractivity contribution >= 4 is 17.0 Å². The number of hydrogen-bond donors (Lipinski definition) is 3. The highest BCUT2D eigenvalue weighted by Gasteiger charge is 2.12. The third-order valence-corrected chi connectivity index (χ3v) is 2.59. The van der Waals surface area contributed by atoms with Crippen LogP contribution in [0.25, 0.3) is 11.0 Å². The van der Waals surface area contributed by atoms with Crippen molar-refractivity contribution in [1.82, 2.24) is 9.97 Å². The summed E-state index contributed by atoms with van der Waals surface area (Å²) in [5.41, 5.74) is 1.38. The molecule has 17 heavy (non-hydrogen) atoms. The van der Waals surface area contributed by atoms with Crippen molar-refractivity contribution < 1.29 is 15.0 Å². The number of fused-ring (bicyclic) bond motifs is 1. The maximum absolute atomic E-state index is 11.0. The smallest absolute Gasteiger partial charge is 0.337 e. The molecule has 5 nitrogen and oxygen atoms in total. The van der Waals surface area contributed by atoms with Crippen LogP contribution in [0.2, 0.25) is 0 Å². The molecule has 0 aliphatic carbocycles. The predicted molar refractivity (Wildman–Crippen MR) is 63.1 cm³/mol. The second kappa shape index (κ2) is 4.55. The Morgan fingerprint density at radius 2 is 2.29 bits per heavy atom. The molecule has 90 valence electrons. The van der Waals surface area contributed by atoms with Gasteiger partial charge in [-0.05, 0) is 25.5 Å². The molecule has 1 unspecified atom stereocenters. The fraction of sp³-hybridized carbons (Fsp3) is 0.333. The van der Waals surface area contributed by atoms with Gasteiger partial charge in [0.2, 0.25) is 0 Å². The largest absolute Gasteiger partial charge is 0.478 e. The van der Waals surface area contributed by atoms with Crippen molar-refractivity contribution in [2.45, 2.75) is 25.9 Å². The van der Waals surface area contributed by atoms with Gasteiger partial charge in [-0.2, -0.15) is 0 Å². The minimum Gasteiger partial charge on any atom is -0.478 e. The number of carboxylic acids is 1. The van der Waals surface area contributed by atoms with Gasteiger partial charge in [0.15, 0.2) is 0 Å². The number of H-pyrrole nitrogens is 1. The summed E-state index contributed by atoms with van der Waals surface area (Å²) < 4.78 is 0. The Morgan fingerprint density at radius 1 is 1.53 bits per heavy atom. The highest BCUT2D eigenvalue weighted by Crippen LogP contribution is 2.17. The molecule has 1 aromatic carbocycles. The highest BCUT2D eigenvalue weighted by atomic mass is 16.4. The molecule has 0 saturated heterocycles. The Morgan fingerprint density at radius 3 is 2.94 bits per heavy atom. The number of aromatic carboxylic acids is 1. The van der Waals surface area contributed by atoms with E-state index in [2.05, 4.69) is 9.97 Å². The van der Waals surface area contributed by atoms with Crippen molar-refractivity contribution in [2.75, 3.05) is 0 Å². The number of aromatic amines is 1. The minimum atomic E-state index is -0.982. The fourth-order valence-corrected chi connectivity index (χ4v) is 1.72. The van der Waals surface area contributed by atoms with Crippen LogP contribution >= 0.6 is 0 Å². The summed E-state index contributed by atoms with van der Waals surface area (Å²) in [7, 11) is 0. The molecule has 0 aliphatic heterocycles. The van der Waals surface area contributed by atoms with Crippen molar-refractivity contribution in [3.8, 4) is 0 Å². The number of aromatic nitrogens is 2. The van der Waals surface area contributed by atoms with Crippen molar-refractivity contribution in [3.63, 3.8) is 0 Å². The Bertz CT molecular complexity index is 546. The second-order valence-corrected chi connectivity index (χ2v) is 4.08. The first-order valence-electron chi connectivity index (χ1n) is 5.47. The molecule has 2 rings (SSSR count). The molecule has 0 radical (unpaired) electrons. The summed E-state index contributed by atoms with van der Waals surface area (Å²) >= 11 is 0. The summed E-state index contributed by atoms with van der Waals surface area (Å²) in [6.07, 6.45) is 0.815.